The maximum absolute atomic E-state index is 2.75. The number of nitrogens with zero attached hydrogens (tertiary/aromatic N) is 2. The quantitative estimate of drug-likeness (QED) is 0.112. The Balaban J connectivity index is 1.03. The van der Waals surface area contributed by atoms with Gasteiger partial charge < -0.3 is 9.13 Å². The minimum Gasteiger partial charge on any atom is -0.309 e. The van der Waals surface area contributed by atoms with Crippen LogP contribution >= 0.6 is 11.3 Å². The summed E-state index contributed by atoms with van der Waals surface area (Å²) in [6.45, 7) is 0. The third kappa shape index (κ3) is 5.50. The zero-order chi connectivity index (χ0) is 42.2. The lowest BCUT2D eigenvalue weighted by Gasteiger charge is -2.34. The molecule has 0 saturated carbocycles. The molecule has 0 atom stereocenters. The first-order valence-electron chi connectivity index (χ1n) is 22.0. The first kappa shape index (κ1) is 36.9. The first-order chi connectivity index (χ1) is 31.8. The summed E-state index contributed by atoms with van der Waals surface area (Å²) in [4.78, 5) is 0. The van der Waals surface area contributed by atoms with Crippen LogP contribution in [0, 0.1) is 0 Å². The number of fused-ring (bicyclic) bond motifs is 9. The van der Waals surface area contributed by atoms with Crippen molar-refractivity contribution in [3.05, 3.63) is 243 Å². The number of hydrogen-bond acceptors (Lipinski definition) is 1. The Morgan fingerprint density at radius 3 is 1.52 bits per heavy atom. The molecule has 0 aliphatic carbocycles. The van der Waals surface area contributed by atoms with Gasteiger partial charge in [-0.1, -0.05) is 188 Å². The van der Waals surface area contributed by atoms with Crippen LogP contribution in [0.3, 0.4) is 0 Å². The molecule has 0 unspecified atom stereocenters. The van der Waals surface area contributed by atoms with Crippen molar-refractivity contribution in [3.63, 3.8) is 0 Å². The van der Waals surface area contributed by atoms with Gasteiger partial charge in [-0.25, -0.2) is 0 Å². The van der Waals surface area contributed by atoms with Gasteiger partial charge in [-0.2, -0.15) is 0 Å². The first-order valence-corrected chi connectivity index (χ1v) is 24.8. The Kier molecular flexibility index (Phi) is 8.45. The predicted octanol–water partition coefficient (Wildman–Crippen LogP) is 13.3. The Hall–Kier alpha value is -7.76. The number of hydrogen-bond donors (Lipinski definition) is 0. The lowest BCUT2D eigenvalue weighted by molar-refractivity contribution is 1.17. The molecule has 0 N–H and O–H groups in total. The molecule has 10 aromatic carbocycles. The highest BCUT2D eigenvalue weighted by atomic mass is 32.1. The Morgan fingerprint density at radius 1 is 0.297 bits per heavy atom. The van der Waals surface area contributed by atoms with Crippen LogP contribution < -0.4 is 20.7 Å². The smallest absolute Gasteiger partial charge is 0.179 e. The van der Waals surface area contributed by atoms with Gasteiger partial charge in [-0.15, -0.1) is 11.3 Å². The highest BCUT2D eigenvalue weighted by molar-refractivity contribution is 7.25. The van der Waals surface area contributed by atoms with Crippen LogP contribution in [0.1, 0.15) is 0 Å². The van der Waals surface area contributed by atoms with Crippen LogP contribution in [0.25, 0.3) is 86.3 Å². The molecule has 0 aliphatic rings. The molecule has 64 heavy (non-hydrogen) atoms. The second-order valence-electron chi connectivity index (χ2n) is 16.8. The van der Waals surface area contributed by atoms with Crippen molar-refractivity contribution in [2.24, 2.45) is 0 Å². The summed E-state index contributed by atoms with van der Waals surface area (Å²) in [7, 11) is -2.75. The van der Waals surface area contributed by atoms with Crippen molar-refractivity contribution in [1.29, 1.82) is 0 Å². The second-order valence-corrected chi connectivity index (χ2v) is 21.7. The van der Waals surface area contributed by atoms with E-state index in [9.17, 15) is 0 Å². The SMILES string of the molecule is c1ccc([Si](c2ccccc2)(c2ccccc2)c2cccc(-n3c4ccccc4c4cc(-n5c6ccccc6c6cccc(-c7ccc8c(c7)sc7ccccc78)c65)ccc43)c2)cc1. The Bertz CT molecular complexity index is 3800. The highest BCUT2D eigenvalue weighted by Gasteiger charge is 2.41. The largest absolute Gasteiger partial charge is 0.309 e. The molecule has 0 saturated heterocycles. The average molecular weight is 849 g/mol. The van der Waals surface area contributed by atoms with Crippen molar-refractivity contribution in [3.8, 4) is 22.5 Å². The topological polar surface area (TPSA) is 9.86 Å². The van der Waals surface area contributed by atoms with Crippen molar-refractivity contribution < 1.29 is 0 Å². The van der Waals surface area contributed by atoms with Crippen LogP contribution in [0.2, 0.25) is 0 Å². The summed E-state index contributed by atoms with van der Waals surface area (Å²) in [5, 5.41) is 13.1. The minimum absolute atomic E-state index is 1.15. The molecule has 2 nitrogen and oxygen atoms in total. The van der Waals surface area contributed by atoms with E-state index in [2.05, 4.69) is 252 Å². The van der Waals surface area contributed by atoms with Crippen molar-refractivity contribution in [2.75, 3.05) is 0 Å². The fourth-order valence-corrected chi connectivity index (χ4v) is 16.7. The van der Waals surface area contributed by atoms with E-state index in [-0.39, 0.29) is 0 Å². The molecule has 13 rings (SSSR count). The predicted molar refractivity (Wildman–Crippen MR) is 277 cm³/mol. The lowest BCUT2D eigenvalue weighted by Crippen LogP contribution is -2.74. The summed E-state index contributed by atoms with van der Waals surface area (Å²) in [6.07, 6.45) is 0. The fourth-order valence-electron chi connectivity index (χ4n) is 10.7. The van der Waals surface area contributed by atoms with E-state index in [1.54, 1.807) is 0 Å². The molecular formula is C60H40N2SSi. The second kappa shape index (κ2) is 14.7. The lowest BCUT2D eigenvalue weighted by atomic mass is 10.0. The van der Waals surface area contributed by atoms with E-state index in [1.165, 1.54) is 95.7 Å². The number of para-hydroxylation sites is 3. The third-order valence-electron chi connectivity index (χ3n) is 13.5. The van der Waals surface area contributed by atoms with Crippen LogP contribution in [0.5, 0.6) is 0 Å². The van der Waals surface area contributed by atoms with Crippen molar-refractivity contribution in [1.82, 2.24) is 9.13 Å². The van der Waals surface area contributed by atoms with Gasteiger partial charge in [0.2, 0.25) is 0 Å². The maximum atomic E-state index is 2.50. The van der Waals surface area contributed by atoms with Gasteiger partial charge >= 0.3 is 0 Å². The van der Waals surface area contributed by atoms with Gasteiger partial charge in [0.05, 0.1) is 22.1 Å². The minimum atomic E-state index is -2.75. The van der Waals surface area contributed by atoms with E-state index >= 15 is 0 Å². The molecule has 3 aromatic heterocycles. The van der Waals surface area contributed by atoms with Gasteiger partial charge in [0, 0.05) is 58.7 Å². The van der Waals surface area contributed by atoms with Gasteiger partial charge in [-0.05, 0) is 80.9 Å². The summed E-state index contributed by atoms with van der Waals surface area (Å²) >= 11 is 1.88. The van der Waals surface area contributed by atoms with E-state index in [4.69, 9.17) is 0 Å². The molecule has 0 amide bonds. The molecule has 0 aliphatic heterocycles. The van der Waals surface area contributed by atoms with Crippen LogP contribution in [-0.2, 0) is 0 Å². The molecule has 0 spiro atoms. The third-order valence-corrected chi connectivity index (χ3v) is 19.4. The Labute approximate surface area is 376 Å². The molecule has 0 bridgehead atoms. The van der Waals surface area contributed by atoms with Crippen LogP contribution in [0.15, 0.2) is 243 Å². The molecular weight excluding hydrogens is 809 g/mol. The molecule has 13 aromatic rings. The average Bonchev–Trinajstić information content (AvgIpc) is 4.03. The number of aromatic nitrogens is 2. The molecule has 0 radical (unpaired) electrons. The van der Waals surface area contributed by atoms with E-state index in [0.29, 0.717) is 0 Å². The standard InChI is InChI=1S/C60H40N2SSi/c1-4-19-44(20-5-1)64(45-21-6-2-7-22-45,46-23-8-3-9-24-46)47-25-16-18-42(39-47)61-55-31-13-11-27-50(55)54-40-43(35-37-57(54)61)62-56-32-14-10-26-49(56)53-30-17-29-48(60(53)62)41-34-36-52-51-28-12-15-33-58(51)63-59(52)38-41/h1-40H. The zero-order valence-corrected chi connectivity index (χ0v) is 36.7. The van der Waals surface area contributed by atoms with Gasteiger partial charge in [0.15, 0.2) is 8.07 Å². The van der Waals surface area contributed by atoms with Crippen molar-refractivity contribution >= 4 is 104 Å². The fraction of sp³-hybridized carbons (Fsp3) is 0. The molecule has 4 heteroatoms. The summed E-state index contributed by atoms with van der Waals surface area (Å²) in [5.41, 5.74) is 9.57. The number of thiophene rings is 1. The van der Waals surface area contributed by atoms with Gasteiger partial charge in [0.25, 0.3) is 0 Å². The van der Waals surface area contributed by atoms with Gasteiger partial charge in [-0.3, -0.25) is 0 Å². The van der Waals surface area contributed by atoms with E-state index in [1.807, 2.05) is 11.3 Å². The molecule has 300 valence electrons. The van der Waals surface area contributed by atoms with E-state index in [0.717, 1.165) is 11.4 Å². The van der Waals surface area contributed by atoms with Crippen LogP contribution in [0.4, 0.5) is 0 Å². The van der Waals surface area contributed by atoms with Crippen LogP contribution in [-0.4, -0.2) is 17.2 Å². The van der Waals surface area contributed by atoms with Crippen molar-refractivity contribution in [2.45, 2.75) is 0 Å². The molecule has 0 fully saturated rings. The monoisotopic (exact) mass is 848 g/mol. The van der Waals surface area contributed by atoms with E-state index < -0.39 is 8.07 Å². The number of benzene rings is 10. The maximum Gasteiger partial charge on any atom is 0.179 e. The summed E-state index contributed by atoms with van der Waals surface area (Å²) < 4.78 is 7.62. The van der Waals surface area contributed by atoms with Gasteiger partial charge in [0.1, 0.15) is 0 Å². The number of rotatable bonds is 7. The zero-order valence-electron chi connectivity index (χ0n) is 34.9. The Morgan fingerprint density at radius 2 is 0.812 bits per heavy atom. The highest BCUT2D eigenvalue weighted by Crippen LogP contribution is 2.42. The summed E-state index contributed by atoms with van der Waals surface area (Å²) in [5.74, 6) is 0. The normalized spacial score (nSPS) is 12.1. The molecule has 3 heterocycles. The summed E-state index contributed by atoms with van der Waals surface area (Å²) in [6, 6.07) is 90.5.